The minimum absolute atomic E-state index is 0.0806. The summed E-state index contributed by atoms with van der Waals surface area (Å²) in [6.07, 6.45) is -4.60. The average Bonchev–Trinajstić information content (AvgIpc) is 2.24. The molecule has 0 radical (unpaired) electrons. The largest absolute Gasteiger partial charge is 0.495 e. The molecular formula is C11H11ClF3NO2. The second-order valence-electron chi connectivity index (χ2n) is 3.72. The second kappa shape index (κ2) is 5.06. The van der Waals surface area contributed by atoms with E-state index < -0.39 is 22.3 Å². The van der Waals surface area contributed by atoms with Crippen LogP contribution in [-0.2, 0) is 6.18 Å². The highest BCUT2D eigenvalue weighted by atomic mass is 35.5. The lowest BCUT2D eigenvalue weighted by Gasteiger charge is -2.22. The predicted molar refractivity (Wildman–Crippen MR) is 62.7 cm³/mol. The van der Waals surface area contributed by atoms with Crippen LogP contribution in [0.5, 0.6) is 5.75 Å². The summed E-state index contributed by atoms with van der Waals surface area (Å²) in [5.74, 6) is 0.111. The van der Waals surface area contributed by atoms with Gasteiger partial charge < -0.3 is 9.64 Å². The lowest BCUT2D eigenvalue weighted by molar-refractivity contribution is -0.137. The Morgan fingerprint density at radius 2 is 1.94 bits per heavy atom. The fraction of sp³-hybridized carbons (Fsp3) is 0.364. The van der Waals surface area contributed by atoms with E-state index in [1.54, 1.807) is 0 Å². The molecule has 0 aliphatic heterocycles. The van der Waals surface area contributed by atoms with Gasteiger partial charge in [-0.2, -0.15) is 13.2 Å². The molecule has 0 N–H and O–H groups in total. The Morgan fingerprint density at radius 3 is 2.28 bits per heavy atom. The zero-order chi connectivity index (χ0) is 14.1. The van der Waals surface area contributed by atoms with Gasteiger partial charge in [0.1, 0.15) is 5.75 Å². The van der Waals surface area contributed by atoms with Crippen molar-refractivity contribution in [2.75, 3.05) is 26.1 Å². The van der Waals surface area contributed by atoms with Crippen LogP contribution in [0.15, 0.2) is 6.07 Å². The normalized spacial score (nSPS) is 11.3. The Hall–Kier alpha value is -1.43. The van der Waals surface area contributed by atoms with E-state index in [9.17, 15) is 18.0 Å². The van der Waals surface area contributed by atoms with E-state index in [-0.39, 0.29) is 17.7 Å². The number of halogens is 4. The summed E-state index contributed by atoms with van der Waals surface area (Å²) in [7, 11) is 4.36. The highest BCUT2D eigenvalue weighted by molar-refractivity contribution is 6.35. The van der Waals surface area contributed by atoms with Gasteiger partial charge in [0.2, 0.25) is 0 Å². The van der Waals surface area contributed by atoms with Crippen molar-refractivity contribution in [2.45, 2.75) is 6.18 Å². The third-order valence-corrected chi connectivity index (χ3v) is 2.68. The molecule has 3 nitrogen and oxygen atoms in total. The van der Waals surface area contributed by atoms with Gasteiger partial charge in [-0.25, -0.2) is 0 Å². The van der Waals surface area contributed by atoms with Crippen molar-refractivity contribution < 1.29 is 22.7 Å². The van der Waals surface area contributed by atoms with Gasteiger partial charge >= 0.3 is 6.18 Å². The number of aldehydes is 1. The molecule has 100 valence electrons. The van der Waals surface area contributed by atoms with E-state index in [4.69, 9.17) is 16.3 Å². The molecule has 0 saturated carbocycles. The number of hydrogen-bond donors (Lipinski definition) is 0. The van der Waals surface area contributed by atoms with Crippen LogP contribution in [0.3, 0.4) is 0 Å². The molecule has 0 aromatic heterocycles. The zero-order valence-corrected chi connectivity index (χ0v) is 10.7. The van der Waals surface area contributed by atoms with Gasteiger partial charge in [-0.1, -0.05) is 11.6 Å². The molecule has 0 heterocycles. The maximum atomic E-state index is 12.9. The molecule has 0 amide bonds. The Balaban J connectivity index is 3.71. The van der Waals surface area contributed by atoms with Crippen molar-refractivity contribution in [3.8, 4) is 5.75 Å². The number of benzene rings is 1. The van der Waals surface area contributed by atoms with Crippen molar-refractivity contribution in [1.82, 2.24) is 0 Å². The van der Waals surface area contributed by atoms with Crippen LogP contribution < -0.4 is 9.64 Å². The summed E-state index contributed by atoms with van der Waals surface area (Å²) in [5, 5.41) is -0.547. The third kappa shape index (κ3) is 2.53. The molecule has 0 atom stereocenters. The first-order chi connectivity index (χ1) is 8.23. The van der Waals surface area contributed by atoms with Gasteiger partial charge in [-0.15, -0.1) is 0 Å². The number of rotatable bonds is 3. The van der Waals surface area contributed by atoms with Crippen LogP contribution >= 0.6 is 11.6 Å². The number of methoxy groups -OCH3 is 1. The van der Waals surface area contributed by atoms with Crippen LogP contribution in [-0.4, -0.2) is 27.5 Å². The SMILES string of the molecule is COc1cc(C=O)c(C(F)(F)F)c(Cl)c1N(C)C. The van der Waals surface area contributed by atoms with Crippen LogP contribution in [0, 0.1) is 0 Å². The summed E-state index contributed by atoms with van der Waals surface area (Å²) in [6, 6.07) is 1.02. The smallest absolute Gasteiger partial charge is 0.418 e. The molecule has 0 saturated heterocycles. The summed E-state index contributed by atoms with van der Waals surface area (Å²) in [5.41, 5.74) is -1.62. The predicted octanol–water partition coefficient (Wildman–Crippen LogP) is 3.25. The lowest BCUT2D eigenvalue weighted by Crippen LogP contribution is -2.16. The fourth-order valence-electron chi connectivity index (χ4n) is 1.59. The number of alkyl halides is 3. The monoisotopic (exact) mass is 281 g/mol. The van der Waals surface area contributed by atoms with Gasteiger partial charge in [0, 0.05) is 19.7 Å². The summed E-state index contributed by atoms with van der Waals surface area (Å²) < 4.78 is 43.6. The first-order valence-corrected chi connectivity index (χ1v) is 5.22. The van der Waals surface area contributed by atoms with E-state index in [1.807, 2.05) is 0 Å². The van der Waals surface area contributed by atoms with Crippen LogP contribution in [0.1, 0.15) is 15.9 Å². The Bertz CT molecular complexity index is 472. The molecule has 0 bridgehead atoms. The number of nitrogens with zero attached hydrogens (tertiary/aromatic N) is 1. The molecule has 18 heavy (non-hydrogen) atoms. The standard InChI is InChI=1S/C11H11ClF3NO2/c1-16(2)10-7(18-3)4-6(5-17)8(9(10)12)11(13,14)15/h4-5H,1-3H3. The maximum absolute atomic E-state index is 12.9. The number of carbonyl (C=O) groups is 1. The number of anilines is 1. The van der Waals surface area contributed by atoms with Gasteiger partial charge in [0.25, 0.3) is 0 Å². The van der Waals surface area contributed by atoms with Gasteiger partial charge in [0.05, 0.1) is 23.4 Å². The topological polar surface area (TPSA) is 29.5 Å². The van der Waals surface area contributed by atoms with Crippen LogP contribution in [0.25, 0.3) is 0 Å². The van der Waals surface area contributed by atoms with Crippen molar-refractivity contribution in [3.63, 3.8) is 0 Å². The average molecular weight is 282 g/mol. The number of ether oxygens (including phenoxy) is 1. The molecule has 0 aliphatic rings. The quantitative estimate of drug-likeness (QED) is 0.797. The number of hydrogen-bond acceptors (Lipinski definition) is 3. The molecule has 0 aliphatic carbocycles. The fourth-order valence-corrected chi connectivity index (χ4v) is 2.07. The van der Waals surface area contributed by atoms with E-state index in [1.165, 1.54) is 26.1 Å². The minimum atomic E-state index is -4.70. The molecule has 0 fully saturated rings. The molecule has 7 heteroatoms. The minimum Gasteiger partial charge on any atom is -0.495 e. The second-order valence-corrected chi connectivity index (χ2v) is 4.09. The maximum Gasteiger partial charge on any atom is 0.418 e. The molecule has 1 rings (SSSR count). The Labute approximate surface area is 107 Å². The number of carbonyl (C=O) groups excluding carboxylic acids is 1. The molecule has 0 unspecified atom stereocenters. The molecular weight excluding hydrogens is 271 g/mol. The summed E-state index contributed by atoms with van der Waals surface area (Å²) in [4.78, 5) is 12.1. The van der Waals surface area contributed by atoms with Crippen molar-refractivity contribution in [3.05, 3.63) is 22.2 Å². The van der Waals surface area contributed by atoms with E-state index in [2.05, 4.69) is 0 Å². The van der Waals surface area contributed by atoms with E-state index in [0.717, 1.165) is 6.07 Å². The van der Waals surface area contributed by atoms with E-state index >= 15 is 0 Å². The third-order valence-electron chi connectivity index (χ3n) is 2.31. The lowest BCUT2D eigenvalue weighted by atomic mass is 10.1. The molecule has 1 aromatic rings. The highest BCUT2D eigenvalue weighted by Crippen LogP contribution is 2.45. The molecule has 1 aromatic carbocycles. The van der Waals surface area contributed by atoms with Gasteiger partial charge in [0.15, 0.2) is 6.29 Å². The van der Waals surface area contributed by atoms with Crippen LogP contribution in [0.2, 0.25) is 5.02 Å². The van der Waals surface area contributed by atoms with Crippen molar-refractivity contribution in [1.29, 1.82) is 0 Å². The van der Waals surface area contributed by atoms with Crippen LogP contribution in [0.4, 0.5) is 18.9 Å². The highest BCUT2D eigenvalue weighted by Gasteiger charge is 2.38. The zero-order valence-electron chi connectivity index (χ0n) is 9.93. The van der Waals surface area contributed by atoms with Gasteiger partial charge in [-0.05, 0) is 6.07 Å². The van der Waals surface area contributed by atoms with E-state index in [0.29, 0.717) is 0 Å². The Morgan fingerprint density at radius 1 is 1.39 bits per heavy atom. The summed E-state index contributed by atoms with van der Waals surface area (Å²) in [6.45, 7) is 0. The van der Waals surface area contributed by atoms with Crippen molar-refractivity contribution >= 4 is 23.6 Å². The first-order valence-electron chi connectivity index (χ1n) is 4.84. The molecule has 0 spiro atoms. The van der Waals surface area contributed by atoms with Gasteiger partial charge in [-0.3, -0.25) is 4.79 Å². The summed E-state index contributed by atoms with van der Waals surface area (Å²) >= 11 is 5.76. The first kappa shape index (κ1) is 14.6. The van der Waals surface area contributed by atoms with Crippen molar-refractivity contribution in [2.24, 2.45) is 0 Å². The Kier molecular flexibility index (Phi) is 4.11.